The van der Waals surface area contributed by atoms with E-state index in [1.165, 1.54) is 5.56 Å². The van der Waals surface area contributed by atoms with E-state index >= 15 is 0 Å². The number of urea groups is 1. The summed E-state index contributed by atoms with van der Waals surface area (Å²) in [5, 5.41) is 3.21. The first kappa shape index (κ1) is 19.7. The third-order valence-electron chi connectivity index (χ3n) is 5.71. The number of hydrogen-bond acceptors (Lipinski definition) is 2. The van der Waals surface area contributed by atoms with Gasteiger partial charge in [-0.15, -0.1) is 0 Å². The predicted molar refractivity (Wildman–Crippen MR) is 108 cm³/mol. The topological polar surface area (TPSA) is 52.7 Å². The molecule has 0 radical (unpaired) electrons. The van der Waals surface area contributed by atoms with Crippen molar-refractivity contribution in [2.24, 2.45) is 11.8 Å². The van der Waals surface area contributed by atoms with Gasteiger partial charge in [0.15, 0.2) is 0 Å². The standard InChI is InChI=1S/C22H33N3O2/c1-15(2)17-5-7-18(8-6-17)20(16(3)4)23-22(27)25-13-11-24(12-14-25)21(26)19-9-10-19/h5-8,15-16,19-20H,9-14H2,1-4H3,(H,23,27)/t20-/m0/s1. The van der Waals surface area contributed by atoms with Crippen LogP contribution in [-0.4, -0.2) is 47.9 Å². The maximum absolute atomic E-state index is 12.8. The van der Waals surface area contributed by atoms with Crippen LogP contribution in [0, 0.1) is 11.8 Å². The Morgan fingerprint density at radius 3 is 1.89 bits per heavy atom. The average molecular weight is 372 g/mol. The molecule has 5 nitrogen and oxygen atoms in total. The number of piperazine rings is 1. The first-order valence-electron chi connectivity index (χ1n) is 10.3. The van der Waals surface area contributed by atoms with E-state index in [1.54, 1.807) is 0 Å². The van der Waals surface area contributed by atoms with Gasteiger partial charge in [-0.1, -0.05) is 52.0 Å². The predicted octanol–water partition coefficient (Wildman–Crippen LogP) is 3.77. The summed E-state index contributed by atoms with van der Waals surface area (Å²) in [7, 11) is 0. The van der Waals surface area contributed by atoms with E-state index in [2.05, 4.69) is 57.3 Å². The molecule has 1 atom stereocenters. The van der Waals surface area contributed by atoms with Gasteiger partial charge in [-0.2, -0.15) is 0 Å². The summed E-state index contributed by atoms with van der Waals surface area (Å²) in [6.45, 7) is 11.2. The number of carbonyl (C=O) groups is 2. The minimum atomic E-state index is -0.0276. The zero-order valence-electron chi connectivity index (χ0n) is 17.1. The Kier molecular flexibility index (Phi) is 6.08. The Morgan fingerprint density at radius 2 is 1.41 bits per heavy atom. The van der Waals surface area contributed by atoms with E-state index in [0.717, 1.165) is 18.4 Å². The van der Waals surface area contributed by atoms with Crippen molar-refractivity contribution in [3.63, 3.8) is 0 Å². The van der Waals surface area contributed by atoms with Gasteiger partial charge in [0.1, 0.15) is 0 Å². The summed E-state index contributed by atoms with van der Waals surface area (Å²) in [4.78, 5) is 28.7. The summed E-state index contributed by atoms with van der Waals surface area (Å²) in [6, 6.07) is 8.54. The first-order valence-corrected chi connectivity index (χ1v) is 10.3. The molecule has 1 saturated carbocycles. The Bertz CT molecular complexity index is 657. The molecule has 1 aliphatic carbocycles. The summed E-state index contributed by atoms with van der Waals surface area (Å²) in [5.74, 6) is 1.34. The van der Waals surface area contributed by atoms with Crippen molar-refractivity contribution < 1.29 is 9.59 Å². The molecular formula is C22H33N3O2. The number of nitrogens with zero attached hydrogens (tertiary/aromatic N) is 2. The van der Waals surface area contributed by atoms with Crippen LogP contribution in [-0.2, 0) is 4.79 Å². The van der Waals surface area contributed by atoms with Gasteiger partial charge in [0.25, 0.3) is 0 Å². The van der Waals surface area contributed by atoms with Gasteiger partial charge < -0.3 is 15.1 Å². The lowest BCUT2D eigenvalue weighted by molar-refractivity contribution is -0.133. The summed E-state index contributed by atoms with van der Waals surface area (Å²) in [6.07, 6.45) is 2.07. The molecule has 0 aromatic heterocycles. The molecule has 3 amide bonds. The van der Waals surface area contributed by atoms with Crippen LogP contribution in [0.3, 0.4) is 0 Å². The molecule has 1 aliphatic heterocycles. The van der Waals surface area contributed by atoms with E-state index in [1.807, 2.05) is 9.80 Å². The minimum Gasteiger partial charge on any atom is -0.339 e. The van der Waals surface area contributed by atoms with Crippen LogP contribution in [0.25, 0.3) is 0 Å². The molecule has 1 aromatic rings. The van der Waals surface area contributed by atoms with E-state index < -0.39 is 0 Å². The molecule has 1 heterocycles. The van der Waals surface area contributed by atoms with Gasteiger partial charge in [-0.25, -0.2) is 4.79 Å². The van der Waals surface area contributed by atoms with Crippen LogP contribution in [0.5, 0.6) is 0 Å². The van der Waals surface area contributed by atoms with Crippen molar-refractivity contribution in [3.8, 4) is 0 Å². The van der Waals surface area contributed by atoms with E-state index in [4.69, 9.17) is 0 Å². The van der Waals surface area contributed by atoms with Crippen LogP contribution < -0.4 is 5.32 Å². The van der Waals surface area contributed by atoms with Gasteiger partial charge in [-0.05, 0) is 35.8 Å². The average Bonchev–Trinajstić information content (AvgIpc) is 3.50. The number of carbonyl (C=O) groups excluding carboxylic acids is 2. The maximum Gasteiger partial charge on any atom is 0.318 e. The smallest absolute Gasteiger partial charge is 0.318 e. The van der Waals surface area contributed by atoms with Crippen molar-refractivity contribution in [2.45, 2.75) is 52.5 Å². The molecule has 0 unspecified atom stereocenters. The fourth-order valence-electron chi connectivity index (χ4n) is 3.67. The normalized spacial score (nSPS) is 18.7. The molecule has 148 valence electrons. The zero-order chi connectivity index (χ0) is 19.6. The summed E-state index contributed by atoms with van der Waals surface area (Å²) >= 11 is 0. The Morgan fingerprint density at radius 1 is 0.889 bits per heavy atom. The quantitative estimate of drug-likeness (QED) is 0.856. The lowest BCUT2D eigenvalue weighted by Gasteiger charge is -2.36. The van der Waals surface area contributed by atoms with Crippen molar-refractivity contribution in [2.75, 3.05) is 26.2 Å². The molecule has 0 spiro atoms. The molecule has 1 saturated heterocycles. The van der Waals surface area contributed by atoms with Gasteiger partial charge in [0.2, 0.25) is 5.91 Å². The molecule has 0 bridgehead atoms. The summed E-state index contributed by atoms with van der Waals surface area (Å²) < 4.78 is 0. The molecule has 1 N–H and O–H groups in total. The second kappa shape index (κ2) is 8.32. The summed E-state index contributed by atoms with van der Waals surface area (Å²) in [5.41, 5.74) is 2.45. The minimum absolute atomic E-state index is 0.00941. The molecule has 2 fully saturated rings. The van der Waals surface area contributed by atoms with Crippen molar-refractivity contribution in [1.29, 1.82) is 0 Å². The molecule has 1 aromatic carbocycles. The lowest BCUT2D eigenvalue weighted by atomic mass is 9.93. The van der Waals surface area contributed by atoms with Crippen LogP contribution in [0.4, 0.5) is 4.79 Å². The lowest BCUT2D eigenvalue weighted by Crippen LogP contribution is -2.54. The van der Waals surface area contributed by atoms with Crippen LogP contribution in [0.2, 0.25) is 0 Å². The van der Waals surface area contributed by atoms with E-state index in [-0.39, 0.29) is 23.9 Å². The van der Waals surface area contributed by atoms with Crippen LogP contribution in [0.15, 0.2) is 24.3 Å². The number of rotatable bonds is 5. The second-order valence-corrected chi connectivity index (χ2v) is 8.58. The SMILES string of the molecule is CC(C)c1ccc([C@@H](NC(=O)N2CCN(C(=O)C3CC3)CC2)C(C)C)cc1. The highest BCUT2D eigenvalue weighted by atomic mass is 16.2. The highest BCUT2D eigenvalue weighted by molar-refractivity contribution is 5.81. The van der Waals surface area contributed by atoms with Crippen molar-refractivity contribution in [1.82, 2.24) is 15.1 Å². The van der Waals surface area contributed by atoms with Gasteiger partial charge in [-0.3, -0.25) is 4.79 Å². The largest absolute Gasteiger partial charge is 0.339 e. The van der Waals surface area contributed by atoms with Crippen LogP contribution >= 0.6 is 0 Å². The highest BCUT2D eigenvalue weighted by Gasteiger charge is 2.35. The zero-order valence-corrected chi connectivity index (χ0v) is 17.1. The Balaban J connectivity index is 1.58. The monoisotopic (exact) mass is 371 g/mol. The number of nitrogens with one attached hydrogen (secondary N) is 1. The fourth-order valence-corrected chi connectivity index (χ4v) is 3.67. The van der Waals surface area contributed by atoms with E-state index in [0.29, 0.717) is 38.0 Å². The molecular weight excluding hydrogens is 338 g/mol. The number of hydrogen-bond donors (Lipinski definition) is 1. The van der Waals surface area contributed by atoms with Gasteiger partial charge >= 0.3 is 6.03 Å². The highest BCUT2D eigenvalue weighted by Crippen LogP contribution is 2.31. The van der Waals surface area contributed by atoms with E-state index in [9.17, 15) is 9.59 Å². The maximum atomic E-state index is 12.8. The third kappa shape index (κ3) is 4.82. The van der Waals surface area contributed by atoms with Gasteiger partial charge in [0, 0.05) is 32.1 Å². The van der Waals surface area contributed by atoms with Crippen molar-refractivity contribution in [3.05, 3.63) is 35.4 Å². The third-order valence-corrected chi connectivity index (χ3v) is 5.71. The van der Waals surface area contributed by atoms with Crippen LogP contribution in [0.1, 0.15) is 63.6 Å². The molecule has 2 aliphatic rings. The Labute approximate surface area is 163 Å². The molecule has 27 heavy (non-hydrogen) atoms. The van der Waals surface area contributed by atoms with Gasteiger partial charge in [0.05, 0.1) is 6.04 Å². The number of amides is 3. The van der Waals surface area contributed by atoms with Crippen molar-refractivity contribution >= 4 is 11.9 Å². The second-order valence-electron chi connectivity index (χ2n) is 8.58. The fraction of sp³-hybridized carbons (Fsp3) is 0.636. The molecule has 3 rings (SSSR count). The first-order chi connectivity index (χ1) is 12.9. The molecule has 5 heteroatoms. The Hall–Kier alpha value is -2.04. The number of benzene rings is 1.